The van der Waals surface area contributed by atoms with Gasteiger partial charge < -0.3 is 5.32 Å². The predicted molar refractivity (Wildman–Crippen MR) is 80.4 cm³/mol. The molecule has 4 nitrogen and oxygen atoms in total. The summed E-state index contributed by atoms with van der Waals surface area (Å²) in [6.07, 6.45) is 6.48. The Bertz CT molecular complexity index is 594. The molecule has 1 heterocycles. The first kappa shape index (κ1) is 13.8. The summed E-state index contributed by atoms with van der Waals surface area (Å²) in [6, 6.07) is 1.77. The summed E-state index contributed by atoms with van der Waals surface area (Å²) in [5.41, 5.74) is 0.322. The molecule has 6 heteroatoms. The van der Waals surface area contributed by atoms with Crippen LogP contribution in [0, 0.1) is 23.7 Å². The van der Waals surface area contributed by atoms with Crippen molar-refractivity contribution in [1.29, 1.82) is 0 Å². The molecule has 5 atom stereocenters. The van der Waals surface area contributed by atoms with Gasteiger partial charge in [-0.3, -0.25) is 4.79 Å². The van der Waals surface area contributed by atoms with Crippen molar-refractivity contribution in [1.82, 2.24) is 15.5 Å². The van der Waals surface area contributed by atoms with Gasteiger partial charge >= 0.3 is 0 Å². The second-order valence-corrected chi connectivity index (χ2v) is 7.35. The SMILES string of the molecule is O=C(NC1CC2CC1C1CCCC21)c1cc(Cl)nnc1Cl. The maximum absolute atomic E-state index is 12.4. The average Bonchev–Trinajstić information content (AvgIpc) is 3.13. The van der Waals surface area contributed by atoms with Crippen molar-refractivity contribution in [2.75, 3.05) is 0 Å². The molecule has 2 bridgehead atoms. The van der Waals surface area contributed by atoms with E-state index in [1.807, 2.05) is 0 Å². The molecule has 1 aromatic heterocycles. The highest BCUT2D eigenvalue weighted by molar-refractivity contribution is 6.34. The van der Waals surface area contributed by atoms with Crippen molar-refractivity contribution in [2.24, 2.45) is 23.7 Å². The van der Waals surface area contributed by atoms with Gasteiger partial charge in [0.2, 0.25) is 0 Å². The van der Waals surface area contributed by atoms with E-state index in [9.17, 15) is 4.79 Å². The number of halogens is 2. The molecule has 1 N–H and O–H groups in total. The molecule has 1 aromatic rings. The molecule has 3 aliphatic carbocycles. The third-order valence-electron chi connectivity index (χ3n) is 5.71. The van der Waals surface area contributed by atoms with Crippen molar-refractivity contribution >= 4 is 29.1 Å². The van der Waals surface area contributed by atoms with E-state index < -0.39 is 0 Å². The zero-order valence-corrected chi connectivity index (χ0v) is 13.1. The lowest BCUT2D eigenvalue weighted by Crippen LogP contribution is -2.42. The van der Waals surface area contributed by atoms with Crippen LogP contribution in [0.5, 0.6) is 0 Å². The normalized spacial score (nSPS) is 36.8. The third-order valence-corrected chi connectivity index (χ3v) is 6.17. The standard InChI is InChI=1S/C15H17Cl2N3O/c16-13-6-11(14(17)20-19-13)15(21)18-12-5-7-4-10(12)9-3-1-2-8(7)9/h6-10,12H,1-5H2,(H,18,21). The second kappa shape index (κ2) is 5.10. The number of fused-ring (bicyclic) bond motifs is 5. The van der Waals surface area contributed by atoms with Gasteiger partial charge in [0.05, 0.1) is 5.56 Å². The fraction of sp³-hybridized carbons (Fsp3) is 0.667. The van der Waals surface area contributed by atoms with Crippen LogP contribution in [0.1, 0.15) is 42.5 Å². The number of amides is 1. The Morgan fingerprint density at radius 3 is 2.81 bits per heavy atom. The lowest BCUT2D eigenvalue weighted by Gasteiger charge is -2.32. The first-order valence-electron chi connectivity index (χ1n) is 7.63. The number of hydrogen-bond donors (Lipinski definition) is 1. The fourth-order valence-electron chi connectivity index (χ4n) is 4.99. The van der Waals surface area contributed by atoms with Crippen LogP contribution in [0.2, 0.25) is 10.3 Å². The average molecular weight is 326 g/mol. The van der Waals surface area contributed by atoms with E-state index >= 15 is 0 Å². The molecular formula is C15H17Cl2N3O. The smallest absolute Gasteiger partial charge is 0.254 e. The first-order valence-corrected chi connectivity index (χ1v) is 8.38. The quantitative estimate of drug-likeness (QED) is 0.907. The van der Waals surface area contributed by atoms with Crippen LogP contribution in [0.4, 0.5) is 0 Å². The van der Waals surface area contributed by atoms with Crippen molar-refractivity contribution in [2.45, 2.75) is 38.1 Å². The second-order valence-electron chi connectivity index (χ2n) is 6.61. The summed E-state index contributed by atoms with van der Waals surface area (Å²) in [4.78, 5) is 12.4. The van der Waals surface area contributed by atoms with Gasteiger partial charge in [-0.05, 0) is 55.4 Å². The minimum absolute atomic E-state index is 0.110. The van der Waals surface area contributed by atoms with Crippen molar-refractivity contribution in [3.05, 3.63) is 21.9 Å². The summed E-state index contributed by atoms with van der Waals surface area (Å²) >= 11 is 11.8. The van der Waals surface area contributed by atoms with Crippen LogP contribution >= 0.6 is 23.2 Å². The van der Waals surface area contributed by atoms with Crippen molar-refractivity contribution < 1.29 is 4.79 Å². The predicted octanol–water partition coefficient (Wildman–Crippen LogP) is 3.34. The highest BCUT2D eigenvalue weighted by atomic mass is 35.5. The Labute approximate surface area is 133 Å². The number of hydrogen-bond acceptors (Lipinski definition) is 3. The van der Waals surface area contributed by atoms with E-state index in [1.54, 1.807) is 0 Å². The minimum Gasteiger partial charge on any atom is -0.349 e. The summed E-state index contributed by atoms with van der Waals surface area (Å²) in [7, 11) is 0. The van der Waals surface area contributed by atoms with Gasteiger partial charge in [-0.2, -0.15) is 0 Å². The summed E-state index contributed by atoms with van der Waals surface area (Å²) in [6.45, 7) is 0. The molecule has 3 aliphatic rings. The topological polar surface area (TPSA) is 54.9 Å². The molecule has 3 fully saturated rings. The summed E-state index contributed by atoms with van der Waals surface area (Å²) in [5, 5.41) is 10.8. The molecule has 0 spiro atoms. The van der Waals surface area contributed by atoms with E-state index in [4.69, 9.17) is 23.2 Å². The highest BCUT2D eigenvalue weighted by Crippen LogP contribution is 2.58. The number of rotatable bonds is 2. The van der Waals surface area contributed by atoms with Gasteiger partial charge in [-0.25, -0.2) is 0 Å². The van der Waals surface area contributed by atoms with Gasteiger partial charge in [0.15, 0.2) is 10.3 Å². The molecule has 112 valence electrons. The van der Waals surface area contributed by atoms with Crippen LogP contribution in [0.3, 0.4) is 0 Å². The van der Waals surface area contributed by atoms with E-state index in [0.717, 1.165) is 24.2 Å². The Morgan fingerprint density at radius 2 is 1.95 bits per heavy atom. The van der Waals surface area contributed by atoms with Crippen LogP contribution in [-0.2, 0) is 0 Å². The molecule has 4 rings (SSSR count). The molecule has 1 amide bonds. The third kappa shape index (κ3) is 2.23. The minimum atomic E-state index is -0.177. The molecule has 0 aromatic carbocycles. The molecule has 5 unspecified atom stereocenters. The Morgan fingerprint density at radius 1 is 1.14 bits per heavy atom. The van der Waals surface area contributed by atoms with Crippen LogP contribution in [0.25, 0.3) is 0 Å². The Hall–Kier alpha value is -0.870. The molecule has 0 saturated heterocycles. The molecule has 0 radical (unpaired) electrons. The van der Waals surface area contributed by atoms with Gasteiger partial charge in [0.1, 0.15) is 0 Å². The first-order chi connectivity index (χ1) is 10.1. The van der Waals surface area contributed by atoms with Crippen LogP contribution < -0.4 is 5.32 Å². The molecular weight excluding hydrogens is 309 g/mol. The van der Waals surface area contributed by atoms with E-state index in [2.05, 4.69) is 15.5 Å². The number of carbonyl (C=O) groups is 1. The number of aromatic nitrogens is 2. The van der Waals surface area contributed by atoms with E-state index in [0.29, 0.717) is 11.5 Å². The van der Waals surface area contributed by atoms with Gasteiger partial charge in [-0.15, -0.1) is 10.2 Å². The molecule has 21 heavy (non-hydrogen) atoms. The zero-order chi connectivity index (χ0) is 14.6. The molecule has 3 saturated carbocycles. The largest absolute Gasteiger partial charge is 0.349 e. The maximum Gasteiger partial charge on any atom is 0.254 e. The zero-order valence-electron chi connectivity index (χ0n) is 11.6. The van der Waals surface area contributed by atoms with Gasteiger partial charge in [0, 0.05) is 6.04 Å². The number of nitrogens with one attached hydrogen (secondary N) is 1. The Balaban J connectivity index is 1.50. The van der Waals surface area contributed by atoms with E-state index in [-0.39, 0.29) is 22.3 Å². The van der Waals surface area contributed by atoms with Crippen molar-refractivity contribution in [3.63, 3.8) is 0 Å². The number of carbonyl (C=O) groups excluding carboxylic acids is 1. The molecule has 0 aliphatic heterocycles. The number of nitrogens with zero attached hydrogens (tertiary/aromatic N) is 2. The van der Waals surface area contributed by atoms with E-state index in [1.165, 1.54) is 31.7 Å². The van der Waals surface area contributed by atoms with Crippen LogP contribution in [0.15, 0.2) is 6.07 Å². The van der Waals surface area contributed by atoms with Crippen LogP contribution in [-0.4, -0.2) is 22.1 Å². The lowest BCUT2D eigenvalue weighted by atomic mass is 9.79. The maximum atomic E-state index is 12.4. The Kier molecular flexibility index (Phi) is 3.34. The summed E-state index contributed by atoms with van der Waals surface area (Å²) in [5.74, 6) is 3.02. The lowest BCUT2D eigenvalue weighted by molar-refractivity contribution is 0.0900. The fourth-order valence-corrected chi connectivity index (χ4v) is 5.32. The van der Waals surface area contributed by atoms with Crippen molar-refractivity contribution in [3.8, 4) is 0 Å². The highest BCUT2D eigenvalue weighted by Gasteiger charge is 2.54. The monoisotopic (exact) mass is 325 g/mol. The summed E-state index contributed by atoms with van der Waals surface area (Å²) < 4.78 is 0. The van der Waals surface area contributed by atoms with Gasteiger partial charge in [-0.1, -0.05) is 29.6 Å². The van der Waals surface area contributed by atoms with Gasteiger partial charge in [0.25, 0.3) is 5.91 Å².